The van der Waals surface area contributed by atoms with E-state index in [-0.39, 0.29) is 0 Å². The largest absolute Gasteiger partial charge is 0.363 e. The van der Waals surface area contributed by atoms with Crippen LogP contribution in [0.5, 0.6) is 0 Å². The molecule has 0 fully saturated rings. The Bertz CT molecular complexity index is 587. The van der Waals surface area contributed by atoms with Crippen LogP contribution >= 0.6 is 0 Å². The molecule has 0 saturated carbocycles. The number of pyridine rings is 1. The molecular formula is C19H29N3O. The number of aryl methyl sites for hydroxylation is 2. The molecule has 2 heterocycles. The third-order valence-corrected chi connectivity index (χ3v) is 2.50. The number of nitrogens with zero attached hydrogens (tertiary/aromatic N) is 2. The SMILES string of the molecule is C=C/C(=C\c1nc(C)ccc1C)Nc1ccon1.CC.CCC. The predicted molar refractivity (Wildman–Crippen MR) is 99.3 cm³/mol. The second kappa shape index (κ2) is 12.2. The lowest BCUT2D eigenvalue weighted by molar-refractivity contribution is 0.423. The Hall–Kier alpha value is -2.36. The van der Waals surface area contributed by atoms with E-state index in [0.717, 1.165) is 22.6 Å². The Balaban J connectivity index is 0.000000868. The summed E-state index contributed by atoms with van der Waals surface area (Å²) in [4.78, 5) is 4.48. The van der Waals surface area contributed by atoms with Gasteiger partial charge in [-0.3, -0.25) is 4.98 Å². The fraction of sp³-hybridized carbons (Fsp3) is 0.368. The van der Waals surface area contributed by atoms with E-state index in [0.29, 0.717) is 5.82 Å². The summed E-state index contributed by atoms with van der Waals surface area (Å²) in [5.74, 6) is 0.645. The van der Waals surface area contributed by atoms with Crippen LogP contribution < -0.4 is 5.32 Å². The number of hydrogen-bond donors (Lipinski definition) is 1. The second-order valence-electron chi connectivity index (χ2n) is 4.68. The molecule has 0 unspecified atom stereocenters. The Morgan fingerprint density at radius 3 is 2.39 bits per heavy atom. The molecule has 23 heavy (non-hydrogen) atoms. The third kappa shape index (κ3) is 8.00. The van der Waals surface area contributed by atoms with Gasteiger partial charge in [-0.2, -0.15) is 0 Å². The summed E-state index contributed by atoms with van der Waals surface area (Å²) < 4.78 is 4.76. The van der Waals surface area contributed by atoms with Crippen molar-refractivity contribution in [3.8, 4) is 0 Å². The van der Waals surface area contributed by atoms with Gasteiger partial charge in [-0.05, 0) is 37.6 Å². The van der Waals surface area contributed by atoms with Gasteiger partial charge in [0.2, 0.25) is 0 Å². The van der Waals surface area contributed by atoms with Crippen molar-refractivity contribution in [2.24, 2.45) is 0 Å². The van der Waals surface area contributed by atoms with Gasteiger partial charge in [-0.15, -0.1) is 0 Å². The lowest BCUT2D eigenvalue weighted by Gasteiger charge is -2.05. The zero-order valence-corrected chi connectivity index (χ0v) is 15.2. The molecule has 0 aliphatic rings. The van der Waals surface area contributed by atoms with Crippen molar-refractivity contribution in [1.82, 2.24) is 10.1 Å². The van der Waals surface area contributed by atoms with Gasteiger partial charge in [0.25, 0.3) is 0 Å². The van der Waals surface area contributed by atoms with E-state index in [1.807, 2.05) is 45.9 Å². The van der Waals surface area contributed by atoms with Crippen molar-refractivity contribution in [1.29, 1.82) is 0 Å². The van der Waals surface area contributed by atoms with Crippen molar-refractivity contribution >= 4 is 11.9 Å². The molecule has 1 N–H and O–H groups in total. The molecule has 2 aromatic heterocycles. The predicted octanol–water partition coefficient (Wildman–Crippen LogP) is 5.77. The van der Waals surface area contributed by atoms with E-state index in [1.165, 1.54) is 12.7 Å². The Kier molecular flexibility index (Phi) is 11.0. The third-order valence-electron chi connectivity index (χ3n) is 2.50. The molecule has 0 amide bonds. The molecule has 4 nitrogen and oxygen atoms in total. The fourth-order valence-electron chi connectivity index (χ4n) is 1.51. The first kappa shape index (κ1) is 20.6. The maximum atomic E-state index is 4.76. The van der Waals surface area contributed by atoms with Crippen LogP contribution in [0.4, 0.5) is 5.82 Å². The van der Waals surface area contributed by atoms with E-state index in [1.54, 1.807) is 12.1 Å². The van der Waals surface area contributed by atoms with Gasteiger partial charge in [0.1, 0.15) is 6.26 Å². The van der Waals surface area contributed by atoms with Crippen molar-refractivity contribution in [2.45, 2.75) is 48.0 Å². The van der Waals surface area contributed by atoms with E-state index >= 15 is 0 Å². The van der Waals surface area contributed by atoms with E-state index < -0.39 is 0 Å². The summed E-state index contributed by atoms with van der Waals surface area (Å²) in [6, 6.07) is 5.78. The summed E-state index contributed by atoms with van der Waals surface area (Å²) in [5.41, 5.74) is 3.84. The molecule has 0 radical (unpaired) electrons. The standard InChI is InChI=1S/C14H15N3O.C3H8.C2H6/c1-4-12(16-14-7-8-18-17-14)9-13-10(2)5-6-11(3)15-13;1-3-2;1-2/h4-9H,1H2,2-3H3,(H,16,17);3H2,1-2H3;1-2H3/b12-9+;;. The molecule has 0 aliphatic carbocycles. The van der Waals surface area contributed by atoms with Gasteiger partial charge in [-0.1, -0.05) is 51.9 Å². The highest BCUT2D eigenvalue weighted by Gasteiger charge is 2.01. The molecule has 0 aliphatic heterocycles. The summed E-state index contributed by atoms with van der Waals surface area (Å²) in [5, 5.41) is 6.89. The molecule has 2 rings (SSSR count). The van der Waals surface area contributed by atoms with Crippen LogP contribution in [0.2, 0.25) is 0 Å². The first-order valence-corrected chi connectivity index (χ1v) is 8.06. The number of hydrogen-bond acceptors (Lipinski definition) is 4. The minimum absolute atomic E-state index is 0.645. The summed E-state index contributed by atoms with van der Waals surface area (Å²) in [7, 11) is 0. The zero-order valence-electron chi connectivity index (χ0n) is 15.2. The van der Waals surface area contributed by atoms with Crippen LogP contribution in [-0.4, -0.2) is 10.1 Å². The van der Waals surface area contributed by atoms with Crippen LogP contribution in [0.3, 0.4) is 0 Å². The number of rotatable bonds is 4. The normalized spacial score (nSPS) is 9.91. The van der Waals surface area contributed by atoms with E-state index in [9.17, 15) is 0 Å². The topological polar surface area (TPSA) is 51.0 Å². The highest BCUT2D eigenvalue weighted by atomic mass is 16.5. The quantitative estimate of drug-likeness (QED) is 0.728. The average molecular weight is 315 g/mol. The molecule has 0 saturated heterocycles. The van der Waals surface area contributed by atoms with E-state index in [4.69, 9.17) is 4.52 Å². The van der Waals surface area contributed by atoms with Crippen LogP contribution in [0.15, 0.2) is 47.3 Å². The Morgan fingerprint density at radius 1 is 1.22 bits per heavy atom. The maximum Gasteiger partial charge on any atom is 0.173 e. The lowest BCUT2D eigenvalue weighted by atomic mass is 10.1. The van der Waals surface area contributed by atoms with Gasteiger partial charge < -0.3 is 9.84 Å². The number of nitrogens with one attached hydrogen (secondary N) is 1. The first-order chi connectivity index (χ1) is 11.1. The zero-order chi connectivity index (χ0) is 17.7. The highest BCUT2D eigenvalue weighted by molar-refractivity contribution is 5.60. The summed E-state index contributed by atoms with van der Waals surface area (Å²) >= 11 is 0. The Morgan fingerprint density at radius 2 is 1.87 bits per heavy atom. The minimum Gasteiger partial charge on any atom is -0.363 e. The fourth-order valence-corrected chi connectivity index (χ4v) is 1.51. The van der Waals surface area contributed by atoms with E-state index in [2.05, 4.69) is 35.9 Å². The van der Waals surface area contributed by atoms with Crippen LogP contribution in [-0.2, 0) is 0 Å². The number of aromatic nitrogens is 2. The van der Waals surface area contributed by atoms with Gasteiger partial charge in [0.15, 0.2) is 5.82 Å². The second-order valence-corrected chi connectivity index (χ2v) is 4.68. The first-order valence-electron chi connectivity index (χ1n) is 8.06. The van der Waals surface area contributed by atoms with Gasteiger partial charge >= 0.3 is 0 Å². The minimum atomic E-state index is 0.645. The summed E-state index contributed by atoms with van der Waals surface area (Å²) in [6.45, 7) is 16.0. The molecular weight excluding hydrogens is 286 g/mol. The van der Waals surface area contributed by atoms with Crippen LogP contribution in [0.25, 0.3) is 6.08 Å². The van der Waals surface area contributed by atoms with Crippen LogP contribution in [0, 0.1) is 13.8 Å². The highest BCUT2D eigenvalue weighted by Crippen LogP contribution is 2.13. The van der Waals surface area contributed by atoms with Gasteiger partial charge in [-0.25, -0.2) is 0 Å². The average Bonchev–Trinajstić information content (AvgIpc) is 3.06. The summed E-state index contributed by atoms with van der Waals surface area (Å²) in [6.07, 6.45) is 6.42. The van der Waals surface area contributed by atoms with Gasteiger partial charge in [0, 0.05) is 17.5 Å². The molecule has 4 heteroatoms. The van der Waals surface area contributed by atoms with Crippen molar-refractivity contribution in [3.05, 3.63) is 59.8 Å². The van der Waals surface area contributed by atoms with Crippen molar-refractivity contribution in [2.75, 3.05) is 5.32 Å². The monoisotopic (exact) mass is 315 g/mol. The number of anilines is 1. The van der Waals surface area contributed by atoms with Crippen molar-refractivity contribution < 1.29 is 4.52 Å². The van der Waals surface area contributed by atoms with Crippen LogP contribution in [0.1, 0.15) is 51.1 Å². The maximum absolute atomic E-state index is 4.76. The van der Waals surface area contributed by atoms with Gasteiger partial charge in [0.05, 0.1) is 5.69 Å². The Labute approximate surface area is 140 Å². The van der Waals surface area contributed by atoms with Crippen molar-refractivity contribution in [3.63, 3.8) is 0 Å². The molecule has 0 spiro atoms. The number of allylic oxidation sites excluding steroid dienone is 1. The molecule has 2 aromatic rings. The molecule has 0 aromatic carbocycles. The molecule has 126 valence electrons. The molecule has 0 atom stereocenters. The molecule has 0 bridgehead atoms. The lowest BCUT2D eigenvalue weighted by Crippen LogP contribution is -1.98. The smallest absolute Gasteiger partial charge is 0.173 e.